The molecule has 0 radical (unpaired) electrons. The van der Waals surface area contributed by atoms with E-state index in [1.807, 2.05) is 0 Å². The fraction of sp³-hybridized carbons (Fsp3) is 0. The summed E-state index contributed by atoms with van der Waals surface area (Å²) in [6.07, 6.45) is 1.49. The van der Waals surface area contributed by atoms with Crippen molar-refractivity contribution in [2.75, 3.05) is 0 Å². The predicted molar refractivity (Wildman–Crippen MR) is 100 cm³/mol. The second-order valence-electron chi connectivity index (χ2n) is 5.25. The molecule has 2 aromatic carbocycles. The number of amides is 2. The van der Waals surface area contributed by atoms with Gasteiger partial charge in [-0.15, -0.1) is 0 Å². The van der Waals surface area contributed by atoms with Gasteiger partial charge in [-0.2, -0.15) is 5.01 Å². The average molecular weight is 388 g/mol. The van der Waals surface area contributed by atoms with Crippen molar-refractivity contribution in [3.63, 3.8) is 0 Å². The minimum absolute atomic E-state index is 0.0206. The molecule has 1 fully saturated rings. The average Bonchev–Trinajstić information content (AvgIpc) is 2.86. The second-order valence-corrected chi connectivity index (χ2v) is 6.93. The molecule has 9 heteroatoms. The van der Waals surface area contributed by atoms with E-state index in [9.17, 15) is 24.9 Å². The summed E-state index contributed by atoms with van der Waals surface area (Å²) in [5.74, 6) is -1.62. The van der Waals surface area contributed by atoms with E-state index in [-0.39, 0.29) is 32.0 Å². The lowest BCUT2D eigenvalue weighted by molar-refractivity contribution is -0.123. The van der Waals surface area contributed by atoms with E-state index in [1.165, 1.54) is 48.5 Å². The number of nitrogens with one attached hydrogen (secondary N) is 1. The molecule has 132 valence electrons. The van der Waals surface area contributed by atoms with Crippen molar-refractivity contribution in [3.8, 4) is 17.2 Å². The number of thioether (sulfide) groups is 1. The first-order valence-electron chi connectivity index (χ1n) is 7.25. The van der Waals surface area contributed by atoms with Gasteiger partial charge in [0.25, 0.3) is 11.8 Å². The smallest absolute Gasteiger partial charge is 0.285 e. The largest absolute Gasteiger partial charge is 0.508 e. The molecule has 2 amide bonds. The van der Waals surface area contributed by atoms with E-state index in [0.29, 0.717) is 5.56 Å². The zero-order chi connectivity index (χ0) is 18.8. The molecule has 0 saturated carbocycles. The number of thiocarbonyl (C=S) groups is 1. The van der Waals surface area contributed by atoms with Crippen LogP contribution in [0.2, 0.25) is 0 Å². The van der Waals surface area contributed by atoms with E-state index >= 15 is 0 Å². The zero-order valence-corrected chi connectivity index (χ0v) is 14.7. The highest BCUT2D eigenvalue weighted by molar-refractivity contribution is 8.26. The SMILES string of the molecule is O=C(NN1C(=O)/C(=C/c2ccc(O)c(O)c2)SC1=S)c1ccc(O)cc1. The van der Waals surface area contributed by atoms with Crippen LogP contribution >= 0.6 is 24.0 Å². The standard InChI is InChI=1S/C17H12N2O5S2/c20-11-4-2-10(3-5-11)15(23)18-19-16(24)14(26-17(19)25)8-9-1-6-12(21)13(22)7-9/h1-8,20-22H,(H,18,23)/b14-8-. The molecule has 0 unspecified atom stereocenters. The minimum Gasteiger partial charge on any atom is -0.508 e. The highest BCUT2D eigenvalue weighted by Crippen LogP contribution is 2.33. The lowest BCUT2D eigenvalue weighted by Crippen LogP contribution is -2.44. The monoisotopic (exact) mass is 388 g/mol. The molecule has 0 spiro atoms. The lowest BCUT2D eigenvalue weighted by Gasteiger charge is -2.15. The maximum absolute atomic E-state index is 12.5. The molecule has 3 rings (SSSR count). The van der Waals surface area contributed by atoms with Crippen molar-refractivity contribution in [2.24, 2.45) is 0 Å². The van der Waals surface area contributed by atoms with Gasteiger partial charge in [0, 0.05) is 5.56 Å². The third-order valence-corrected chi connectivity index (χ3v) is 4.74. The summed E-state index contributed by atoms with van der Waals surface area (Å²) in [7, 11) is 0. The summed E-state index contributed by atoms with van der Waals surface area (Å²) in [6, 6.07) is 9.67. The minimum atomic E-state index is -0.551. The van der Waals surface area contributed by atoms with Crippen LogP contribution in [0.3, 0.4) is 0 Å². The molecule has 0 aromatic heterocycles. The Morgan fingerprint density at radius 3 is 2.42 bits per heavy atom. The van der Waals surface area contributed by atoms with Crippen LogP contribution in [0.1, 0.15) is 15.9 Å². The number of rotatable bonds is 3. The van der Waals surface area contributed by atoms with Crippen molar-refractivity contribution in [3.05, 3.63) is 58.5 Å². The van der Waals surface area contributed by atoms with E-state index in [2.05, 4.69) is 5.43 Å². The number of benzene rings is 2. The molecule has 1 saturated heterocycles. The first kappa shape index (κ1) is 17.8. The quantitative estimate of drug-likeness (QED) is 0.363. The van der Waals surface area contributed by atoms with E-state index < -0.39 is 11.8 Å². The zero-order valence-electron chi connectivity index (χ0n) is 13.0. The topological polar surface area (TPSA) is 110 Å². The Morgan fingerprint density at radius 2 is 1.77 bits per heavy atom. The normalized spacial score (nSPS) is 15.5. The molecule has 4 N–H and O–H groups in total. The second kappa shape index (κ2) is 7.06. The number of hydrogen-bond acceptors (Lipinski definition) is 7. The summed E-state index contributed by atoms with van der Waals surface area (Å²) in [5, 5.41) is 29.1. The van der Waals surface area contributed by atoms with Crippen molar-refractivity contribution in [1.29, 1.82) is 0 Å². The molecule has 26 heavy (non-hydrogen) atoms. The maximum Gasteiger partial charge on any atom is 0.285 e. The predicted octanol–water partition coefficient (Wildman–Crippen LogP) is 2.35. The highest BCUT2D eigenvalue weighted by Gasteiger charge is 2.33. The number of hydrogen-bond donors (Lipinski definition) is 4. The molecule has 1 heterocycles. The molecule has 7 nitrogen and oxygen atoms in total. The van der Waals surface area contributed by atoms with Crippen molar-refractivity contribution in [1.82, 2.24) is 10.4 Å². The van der Waals surface area contributed by atoms with Crippen LogP contribution < -0.4 is 5.43 Å². The van der Waals surface area contributed by atoms with Crippen LogP contribution in [-0.2, 0) is 4.79 Å². The summed E-state index contributed by atoms with van der Waals surface area (Å²) < 4.78 is 0.149. The van der Waals surface area contributed by atoms with Gasteiger partial charge in [0.05, 0.1) is 4.91 Å². The lowest BCUT2D eigenvalue weighted by atomic mass is 10.2. The number of nitrogens with zero attached hydrogens (tertiary/aromatic N) is 1. The third-order valence-electron chi connectivity index (χ3n) is 3.43. The van der Waals surface area contributed by atoms with Crippen LogP contribution in [0.25, 0.3) is 6.08 Å². The molecular weight excluding hydrogens is 376 g/mol. The maximum atomic E-state index is 12.5. The van der Waals surface area contributed by atoms with Crippen LogP contribution in [0, 0.1) is 0 Å². The Hall–Kier alpha value is -3.04. The highest BCUT2D eigenvalue weighted by atomic mass is 32.2. The Balaban J connectivity index is 1.78. The fourth-order valence-electron chi connectivity index (χ4n) is 2.12. The third kappa shape index (κ3) is 3.63. The molecule has 0 aliphatic carbocycles. The van der Waals surface area contributed by atoms with Crippen LogP contribution in [-0.4, -0.2) is 36.5 Å². The number of carbonyl (C=O) groups excluding carboxylic acids is 2. The van der Waals surface area contributed by atoms with Crippen molar-refractivity contribution < 1.29 is 24.9 Å². The number of phenols is 3. The first-order valence-corrected chi connectivity index (χ1v) is 8.47. The van der Waals surface area contributed by atoms with Crippen molar-refractivity contribution in [2.45, 2.75) is 0 Å². The van der Waals surface area contributed by atoms with Gasteiger partial charge in [-0.25, -0.2) is 0 Å². The number of phenolic OH excluding ortho intramolecular Hbond substituents is 3. The summed E-state index contributed by atoms with van der Waals surface area (Å²) in [5.41, 5.74) is 3.17. The van der Waals surface area contributed by atoms with E-state index in [0.717, 1.165) is 16.8 Å². The van der Waals surface area contributed by atoms with Crippen LogP contribution in [0.15, 0.2) is 47.4 Å². The fourth-order valence-corrected chi connectivity index (χ4v) is 3.30. The Bertz CT molecular complexity index is 941. The van der Waals surface area contributed by atoms with Gasteiger partial charge in [0.15, 0.2) is 15.8 Å². The summed E-state index contributed by atoms with van der Waals surface area (Å²) in [4.78, 5) is 24.9. The van der Waals surface area contributed by atoms with Gasteiger partial charge in [-0.3, -0.25) is 15.0 Å². The first-order chi connectivity index (χ1) is 12.3. The van der Waals surface area contributed by atoms with Gasteiger partial charge >= 0.3 is 0 Å². The van der Waals surface area contributed by atoms with Gasteiger partial charge < -0.3 is 15.3 Å². The van der Waals surface area contributed by atoms with Gasteiger partial charge in [0.1, 0.15) is 5.75 Å². The molecule has 2 aromatic rings. The number of carbonyl (C=O) groups is 2. The number of hydrazine groups is 1. The number of aromatic hydroxyl groups is 3. The van der Waals surface area contributed by atoms with Gasteiger partial charge in [-0.1, -0.05) is 17.8 Å². The van der Waals surface area contributed by atoms with E-state index in [1.54, 1.807) is 0 Å². The van der Waals surface area contributed by atoms with Gasteiger partial charge in [-0.05, 0) is 60.3 Å². The molecule has 0 bridgehead atoms. The van der Waals surface area contributed by atoms with Crippen LogP contribution in [0.5, 0.6) is 17.2 Å². The Morgan fingerprint density at radius 1 is 1.08 bits per heavy atom. The van der Waals surface area contributed by atoms with Crippen LogP contribution in [0.4, 0.5) is 0 Å². The van der Waals surface area contributed by atoms with Crippen molar-refractivity contribution >= 4 is 46.2 Å². The Kier molecular flexibility index (Phi) is 4.83. The molecule has 0 atom stereocenters. The van der Waals surface area contributed by atoms with Gasteiger partial charge in [0.2, 0.25) is 0 Å². The molecular formula is C17H12N2O5S2. The summed E-state index contributed by atoms with van der Waals surface area (Å²) in [6.45, 7) is 0. The molecule has 1 aliphatic heterocycles. The Labute approximate surface area is 157 Å². The molecule has 1 aliphatic rings. The van der Waals surface area contributed by atoms with E-state index in [4.69, 9.17) is 12.2 Å². The summed E-state index contributed by atoms with van der Waals surface area (Å²) >= 11 is 6.13.